The molecule has 0 saturated carbocycles. The Bertz CT molecular complexity index is 906. The Kier molecular flexibility index (Phi) is 6.14. The first-order valence-electron chi connectivity index (χ1n) is 9.37. The molecular weight excluding hydrogens is 362 g/mol. The average Bonchev–Trinajstić information content (AvgIpc) is 2.68. The third-order valence-corrected chi connectivity index (χ3v) is 6.99. The fraction of sp³-hybridized carbons (Fsp3) is 0.450. The van der Waals surface area contributed by atoms with Gasteiger partial charge < -0.3 is 10.2 Å². The van der Waals surface area contributed by atoms with Gasteiger partial charge in [0, 0.05) is 26.2 Å². The number of likely N-dealkylation sites (tertiary alicyclic amines) is 1. The predicted octanol–water partition coefficient (Wildman–Crippen LogP) is 2.06. The zero-order valence-electron chi connectivity index (χ0n) is 15.9. The van der Waals surface area contributed by atoms with E-state index in [0.29, 0.717) is 0 Å². The summed E-state index contributed by atoms with van der Waals surface area (Å²) in [6.07, 6.45) is 1.81. The van der Waals surface area contributed by atoms with Crippen molar-refractivity contribution in [3.05, 3.63) is 42.5 Å². The van der Waals surface area contributed by atoms with Crippen molar-refractivity contribution < 1.29 is 13.2 Å². The molecule has 0 radical (unpaired) electrons. The minimum absolute atomic E-state index is 0.122. The number of hydrogen-bond donors (Lipinski definition) is 1. The number of rotatable bonds is 6. The van der Waals surface area contributed by atoms with Crippen LogP contribution in [0.25, 0.3) is 10.8 Å². The Balaban J connectivity index is 1.63. The third kappa shape index (κ3) is 4.66. The number of likely N-dealkylation sites (N-methyl/N-ethyl adjacent to an activating group) is 1. The molecule has 0 atom stereocenters. The molecule has 1 N–H and O–H groups in total. The van der Waals surface area contributed by atoms with Crippen molar-refractivity contribution in [2.45, 2.75) is 30.7 Å². The molecule has 3 rings (SSSR count). The number of sulfonamides is 1. The van der Waals surface area contributed by atoms with Gasteiger partial charge in [-0.1, -0.05) is 37.3 Å². The molecule has 1 heterocycles. The monoisotopic (exact) mass is 389 g/mol. The predicted molar refractivity (Wildman–Crippen MR) is 107 cm³/mol. The smallest absolute Gasteiger partial charge is 0.243 e. The SMILES string of the molecule is CCN1CCC(NC(=O)CN(C)S(=O)(=O)c2ccc3ccccc3c2)CC1. The van der Waals surface area contributed by atoms with Gasteiger partial charge >= 0.3 is 0 Å². The van der Waals surface area contributed by atoms with Crippen LogP contribution in [-0.4, -0.2) is 62.8 Å². The molecule has 1 fully saturated rings. The largest absolute Gasteiger partial charge is 0.352 e. The van der Waals surface area contributed by atoms with E-state index < -0.39 is 10.0 Å². The second kappa shape index (κ2) is 8.37. The molecule has 1 saturated heterocycles. The first kappa shape index (κ1) is 19.8. The van der Waals surface area contributed by atoms with Gasteiger partial charge in [0.1, 0.15) is 0 Å². The van der Waals surface area contributed by atoms with Crippen LogP contribution in [0, 0.1) is 0 Å². The highest BCUT2D eigenvalue weighted by Crippen LogP contribution is 2.21. The van der Waals surface area contributed by atoms with Crippen molar-refractivity contribution in [1.82, 2.24) is 14.5 Å². The van der Waals surface area contributed by atoms with Crippen LogP contribution in [0.5, 0.6) is 0 Å². The lowest BCUT2D eigenvalue weighted by molar-refractivity contribution is -0.122. The van der Waals surface area contributed by atoms with E-state index in [9.17, 15) is 13.2 Å². The minimum Gasteiger partial charge on any atom is -0.352 e. The number of hydrogen-bond acceptors (Lipinski definition) is 4. The van der Waals surface area contributed by atoms with Gasteiger partial charge in [-0.2, -0.15) is 4.31 Å². The van der Waals surface area contributed by atoms with E-state index in [2.05, 4.69) is 17.1 Å². The Morgan fingerprint density at radius 3 is 2.48 bits per heavy atom. The Labute approximate surface area is 161 Å². The van der Waals surface area contributed by atoms with Crippen molar-refractivity contribution in [3.8, 4) is 0 Å². The highest BCUT2D eigenvalue weighted by molar-refractivity contribution is 7.89. The molecule has 1 aliphatic rings. The van der Waals surface area contributed by atoms with Gasteiger partial charge in [-0.15, -0.1) is 0 Å². The molecule has 0 aliphatic carbocycles. The number of carbonyl (C=O) groups is 1. The quantitative estimate of drug-likeness (QED) is 0.821. The van der Waals surface area contributed by atoms with Gasteiger partial charge in [0.05, 0.1) is 11.4 Å². The van der Waals surface area contributed by atoms with Gasteiger partial charge in [0.2, 0.25) is 15.9 Å². The standard InChI is InChI=1S/C20H27N3O3S/c1-3-23-12-10-18(11-13-23)21-20(24)15-22(2)27(25,26)19-9-8-16-6-4-5-7-17(16)14-19/h4-9,14,18H,3,10-13,15H2,1-2H3,(H,21,24). The van der Waals surface area contributed by atoms with Gasteiger partial charge in [0.25, 0.3) is 0 Å². The molecular formula is C20H27N3O3S. The molecule has 2 aromatic rings. The second-order valence-electron chi connectivity index (χ2n) is 7.05. The Morgan fingerprint density at radius 1 is 1.15 bits per heavy atom. The fourth-order valence-electron chi connectivity index (χ4n) is 3.46. The summed E-state index contributed by atoms with van der Waals surface area (Å²) >= 11 is 0. The van der Waals surface area contributed by atoms with Crippen molar-refractivity contribution in [2.24, 2.45) is 0 Å². The third-order valence-electron chi connectivity index (χ3n) is 5.20. The lowest BCUT2D eigenvalue weighted by Gasteiger charge is -2.31. The number of piperidine rings is 1. The maximum Gasteiger partial charge on any atom is 0.243 e. The van der Waals surface area contributed by atoms with Crippen LogP contribution in [0.2, 0.25) is 0 Å². The number of benzene rings is 2. The Morgan fingerprint density at radius 2 is 1.81 bits per heavy atom. The first-order valence-corrected chi connectivity index (χ1v) is 10.8. The van der Waals surface area contributed by atoms with E-state index in [4.69, 9.17) is 0 Å². The lowest BCUT2D eigenvalue weighted by Crippen LogP contribution is -2.47. The zero-order valence-corrected chi connectivity index (χ0v) is 16.7. The molecule has 0 aromatic heterocycles. The van der Waals surface area contributed by atoms with Crippen LogP contribution in [-0.2, 0) is 14.8 Å². The summed E-state index contributed by atoms with van der Waals surface area (Å²) in [6.45, 7) is 4.90. The fourth-order valence-corrected chi connectivity index (χ4v) is 4.62. The first-order chi connectivity index (χ1) is 12.9. The number of amides is 1. The summed E-state index contributed by atoms with van der Waals surface area (Å²) < 4.78 is 26.8. The highest BCUT2D eigenvalue weighted by Gasteiger charge is 2.25. The molecule has 27 heavy (non-hydrogen) atoms. The molecule has 2 aromatic carbocycles. The molecule has 1 amide bonds. The number of nitrogens with zero attached hydrogens (tertiary/aromatic N) is 2. The molecule has 0 bridgehead atoms. The number of fused-ring (bicyclic) bond motifs is 1. The summed E-state index contributed by atoms with van der Waals surface area (Å²) in [4.78, 5) is 14.9. The molecule has 1 aliphatic heterocycles. The lowest BCUT2D eigenvalue weighted by atomic mass is 10.1. The second-order valence-corrected chi connectivity index (χ2v) is 9.09. The maximum atomic E-state index is 12.8. The van der Waals surface area contributed by atoms with E-state index in [1.165, 1.54) is 7.05 Å². The van der Waals surface area contributed by atoms with E-state index in [0.717, 1.165) is 47.6 Å². The van der Waals surface area contributed by atoms with Gasteiger partial charge in [0.15, 0.2) is 0 Å². The van der Waals surface area contributed by atoms with Crippen molar-refractivity contribution in [2.75, 3.05) is 33.2 Å². The molecule has 7 heteroatoms. The molecule has 0 spiro atoms. The van der Waals surface area contributed by atoms with Gasteiger partial charge in [-0.3, -0.25) is 4.79 Å². The Hall–Kier alpha value is -1.96. The van der Waals surface area contributed by atoms with Crippen molar-refractivity contribution in [3.63, 3.8) is 0 Å². The van der Waals surface area contributed by atoms with Crippen molar-refractivity contribution in [1.29, 1.82) is 0 Å². The summed E-state index contributed by atoms with van der Waals surface area (Å²) in [5.74, 6) is -0.253. The average molecular weight is 390 g/mol. The van der Waals surface area contributed by atoms with E-state index in [-0.39, 0.29) is 23.4 Å². The summed E-state index contributed by atoms with van der Waals surface area (Å²) in [6, 6.07) is 12.8. The number of nitrogens with one attached hydrogen (secondary N) is 1. The van der Waals surface area contributed by atoms with Crippen LogP contribution < -0.4 is 5.32 Å². The van der Waals surface area contributed by atoms with Crippen molar-refractivity contribution >= 4 is 26.7 Å². The van der Waals surface area contributed by atoms with Crippen LogP contribution in [0.15, 0.2) is 47.4 Å². The van der Waals surface area contributed by atoms with Crippen LogP contribution in [0.1, 0.15) is 19.8 Å². The highest BCUT2D eigenvalue weighted by atomic mass is 32.2. The van der Waals surface area contributed by atoms with E-state index >= 15 is 0 Å². The van der Waals surface area contributed by atoms with E-state index in [1.54, 1.807) is 18.2 Å². The molecule has 6 nitrogen and oxygen atoms in total. The van der Waals surface area contributed by atoms with Crippen LogP contribution in [0.3, 0.4) is 0 Å². The van der Waals surface area contributed by atoms with Crippen LogP contribution in [0.4, 0.5) is 0 Å². The minimum atomic E-state index is -3.71. The maximum absolute atomic E-state index is 12.8. The summed E-state index contributed by atoms with van der Waals surface area (Å²) in [7, 11) is -2.27. The zero-order chi connectivity index (χ0) is 19.4. The van der Waals surface area contributed by atoms with Crippen LogP contribution >= 0.6 is 0 Å². The van der Waals surface area contributed by atoms with Gasteiger partial charge in [-0.05, 0) is 42.3 Å². The topological polar surface area (TPSA) is 69.7 Å². The number of carbonyl (C=O) groups excluding carboxylic acids is 1. The summed E-state index contributed by atoms with van der Waals surface area (Å²) in [5.41, 5.74) is 0. The molecule has 0 unspecified atom stereocenters. The summed E-state index contributed by atoms with van der Waals surface area (Å²) in [5, 5.41) is 4.82. The molecule has 146 valence electrons. The normalized spacial score (nSPS) is 16.7. The van der Waals surface area contributed by atoms with E-state index in [1.807, 2.05) is 24.3 Å². The van der Waals surface area contributed by atoms with Gasteiger partial charge in [-0.25, -0.2) is 8.42 Å².